The summed E-state index contributed by atoms with van der Waals surface area (Å²) in [6.45, 7) is 0. The number of carbonyl (C=O) groups is 1. The Bertz CT molecular complexity index is 645. The molecule has 1 aromatic heterocycles. The molecule has 1 aliphatic carbocycles. The van der Waals surface area contributed by atoms with Crippen LogP contribution in [0.2, 0.25) is 0 Å². The van der Waals surface area contributed by atoms with Crippen LogP contribution in [0.4, 0.5) is 0 Å². The van der Waals surface area contributed by atoms with Crippen LogP contribution in [-0.4, -0.2) is 15.9 Å². The van der Waals surface area contributed by atoms with Gasteiger partial charge in [-0.25, -0.2) is 0 Å². The number of benzene rings is 1. The van der Waals surface area contributed by atoms with E-state index in [1.807, 2.05) is 18.2 Å². The summed E-state index contributed by atoms with van der Waals surface area (Å²) in [6.07, 6.45) is 5.72. The van der Waals surface area contributed by atoms with Gasteiger partial charge in [0, 0.05) is 35.5 Å². The molecule has 0 bridgehead atoms. The van der Waals surface area contributed by atoms with Crippen LogP contribution < -0.4 is 0 Å². The molecular formula is C15H11NO2. The van der Waals surface area contributed by atoms with Gasteiger partial charge in [0.2, 0.25) is 0 Å². The third-order valence-corrected chi connectivity index (χ3v) is 3.10. The second-order valence-corrected chi connectivity index (χ2v) is 4.26. The Hall–Kier alpha value is -2.42. The molecule has 88 valence electrons. The molecule has 2 aromatic rings. The second kappa shape index (κ2) is 4.11. The first-order chi connectivity index (χ1) is 8.75. The van der Waals surface area contributed by atoms with E-state index in [2.05, 4.69) is 4.98 Å². The van der Waals surface area contributed by atoms with Crippen molar-refractivity contribution in [1.82, 2.24) is 4.98 Å². The number of pyridine rings is 1. The summed E-state index contributed by atoms with van der Waals surface area (Å²) >= 11 is 0. The van der Waals surface area contributed by atoms with Crippen molar-refractivity contribution in [2.75, 3.05) is 0 Å². The lowest BCUT2D eigenvalue weighted by Crippen LogP contribution is -1.94. The van der Waals surface area contributed by atoms with E-state index in [-0.39, 0.29) is 11.5 Å². The lowest BCUT2D eigenvalue weighted by Gasteiger charge is -1.97. The molecule has 0 fully saturated rings. The minimum Gasteiger partial charge on any atom is -0.508 e. The summed E-state index contributed by atoms with van der Waals surface area (Å²) in [5, 5.41) is 9.74. The predicted molar refractivity (Wildman–Crippen MR) is 68.4 cm³/mol. The number of carbonyl (C=O) groups excluding carboxylic acids is 1. The Labute approximate surface area is 104 Å². The largest absolute Gasteiger partial charge is 0.508 e. The highest BCUT2D eigenvalue weighted by Crippen LogP contribution is 2.33. The number of phenols is 1. The fourth-order valence-electron chi connectivity index (χ4n) is 2.19. The summed E-state index contributed by atoms with van der Waals surface area (Å²) in [7, 11) is 0. The molecule has 3 nitrogen and oxygen atoms in total. The van der Waals surface area contributed by atoms with Crippen molar-refractivity contribution in [2.45, 2.75) is 6.42 Å². The predicted octanol–water partition coefficient (Wildman–Crippen LogP) is 2.61. The Morgan fingerprint density at radius 1 is 1.17 bits per heavy atom. The zero-order valence-electron chi connectivity index (χ0n) is 9.63. The number of fused-ring (bicyclic) bond motifs is 1. The summed E-state index contributed by atoms with van der Waals surface area (Å²) in [5.41, 5.74) is 2.98. The van der Waals surface area contributed by atoms with E-state index in [0.29, 0.717) is 17.6 Å². The Morgan fingerprint density at radius 3 is 2.67 bits per heavy atom. The van der Waals surface area contributed by atoms with E-state index >= 15 is 0 Å². The number of aromatic nitrogens is 1. The lowest BCUT2D eigenvalue weighted by atomic mass is 10.1. The Morgan fingerprint density at radius 2 is 1.94 bits per heavy atom. The molecule has 18 heavy (non-hydrogen) atoms. The van der Waals surface area contributed by atoms with Gasteiger partial charge in [0.1, 0.15) is 5.75 Å². The molecule has 0 spiro atoms. The summed E-state index contributed by atoms with van der Waals surface area (Å²) in [4.78, 5) is 16.1. The molecule has 3 rings (SSSR count). The first-order valence-corrected chi connectivity index (χ1v) is 5.72. The van der Waals surface area contributed by atoms with Crippen LogP contribution in [0.1, 0.15) is 21.5 Å². The van der Waals surface area contributed by atoms with Gasteiger partial charge in [-0.05, 0) is 29.8 Å². The van der Waals surface area contributed by atoms with Crippen molar-refractivity contribution in [1.29, 1.82) is 0 Å². The molecule has 0 atom stereocenters. The van der Waals surface area contributed by atoms with Gasteiger partial charge in [0.15, 0.2) is 5.78 Å². The highest BCUT2D eigenvalue weighted by Gasteiger charge is 2.26. The van der Waals surface area contributed by atoms with Crippen LogP contribution in [0, 0.1) is 0 Å². The maximum atomic E-state index is 12.2. The second-order valence-electron chi connectivity index (χ2n) is 4.26. The monoisotopic (exact) mass is 237 g/mol. The van der Waals surface area contributed by atoms with Gasteiger partial charge in [-0.2, -0.15) is 0 Å². The zero-order valence-corrected chi connectivity index (χ0v) is 9.63. The van der Waals surface area contributed by atoms with E-state index < -0.39 is 0 Å². The molecule has 3 heteroatoms. The lowest BCUT2D eigenvalue weighted by molar-refractivity contribution is 0.104. The van der Waals surface area contributed by atoms with Gasteiger partial charge >= 0.3 is 0 Å². The van der Waals surface area contributed by atoms with Crippen molar-refractivity contribution in [2.24, 2.45) is 0 Å². The highest BCUT2D eigenvalue weighted by atomic mass is 16.3. The van der Waals surface area contributed by atoms with E-state index in [1.54, 1.807) is 30.6 Å². The number of rotatable bonds is 1. The molecule has 1 aromatic carbocycles. The Kier molecular flexibility index (Phi) is 2.45. The number of aromatic hydroxyl groups is 1. The fourth-order valence-corrected chi connectivity index (χ4v) is 2.19. The number of allylic oxidation sites excluding steroid dienone is 1. The first-order valence-electron chi connectivity index (χ1n) is 5.72. The van der Waals surface area contributed by atoms with Crippen LogP contribution in [0.5, 0.6) is 5.75 Å². The molecule has 0 aliphatic heterocycles. The van der Waals surface area contributed by atoms with E-state index in [4.69, 9.17) is 0 Å². The number of phenolic OH excluding ortho intramolecular Hbond substituents is 1. The molecule has 0 radical (unpaired) electrons. The topological polar surface area (TPSA) is 50.2 Å². The molecule has 1 N–H and O–H groups in total. The maximum absolute atomic E-state index is 12.2. The minimum absolute atomic E-state index is 0.00212. The summed E-state index contributed by atoms with van der Waals surface area (Å²) < 4.78 is 0. The summed E-state index contributed by atoms with van der Waals surface area (Å²) in [6, 6.07) is 8.76. The van der Waals surface area contributed by atoms with Crippen LogP contribution in [0.15, 0.2) is 48.3 Å². The number of Topliss-reactive ketones (excluding diaryl/α,β-unsaturated/α-hetero) is 1. The number of hydrogen-bond donors (Lipinski definition) is 1. The van der Waals surface area contributed by atoms with Crippen LogP contribution in [0.3, 0.4) is 0 Å². The van der Waals surface area contributed by atoms with E-state index in [0.717, 1.165) is 11.1 Å². The molecule has 0 saturated carbocycles. The quantitative estimate of drug-likeness (QED) is 0.775. The molecule has 0 amide bonds. The van der Waals surface area contributed by atoms with Crippen LogP contribution in [0.25, 0.3) is 6.08 Å². The Balaban J connectivity index is 2.03. The first kappa shape index (κ1) is 10.7. The smallest absolute Gasteiger partial charge is 0.189 e. The number of hydrogen-bond acceptors (Lipinski definition) is 3. The number of nitrogens with zero attached hydrogens (tertiary/aromatic N) is 1. The van der Waals surface area contributed by atoms with Crippen molar-refractivity contribution in [3.63, 3.8) is 0 Å². The molecule has 1 heterocycles. The van der Waals surface area contributed by atoms with Gasteiger partial charge in [0.25, 0.3) is 0 Å². The van der Waals surface area contributed by atoms with Crippen molar-refractivity contribution >= 4 is 11.9 Å². The van der Waals surface area contributed by atoms with Gasteiger partial charge in [-0.3, -0.25) is 9.78 Å². The van der Waals surface area contributed by atoms with Crippen LogP contribution in [-0.2, 0) is 6.42 Å². The van der Waals surface area contributed by atoms with Gasteiger partial charge < -0.3 is 5.11 Å². The van der Waals surface area contributed by atoms with Gasteiger partial charge in [-0.15, -0.1) is 0 Å². The third kappa shape index (κ3) is 1.70. The van der Waals surface area contributed by atoms with Gasteiger partial charge in [0.05, 0.1) is 0 Å². The molecule has 0 saturated heterocycles. The third-order valence-electron chi connectivity index (χ3n) is 3.10. The highest BCUT2D eigenvalue weighted by molar-refractivity contribution is 6.16. The molecule has 1 aliphatic rings. The van der Waals surface area contributed by atoms with Gasteiger partial charge in [-0.1, -0.05) is 12.1 Å². The standard InChI is InChI=1S/C15H11NO2/c17-14-3-1-2-12-13(14)9-11(15(12)18)8-10-4-6-16-7-5-10/h1-8,17H,9H2. The van der Waals surface area contributed by atoms with Crippen LogP contribution >= 0.6 is 0 Å². The number of ketones is 1. The van der Waals surface area contributed by atoms with Crippen molar-refractivity contribution in [3.05, 3.63) is 65.0 Å². The molecule has 0 unspecified atom stereocenters. The summed E-state index contributed by atoms with van der Waals surface area (Å²) in [5.74, 6) is 0.191. The van der Waals surface area contributed by atoms with Crippen molar-refractivity contribution < 1.29 is 9.90 Å². The van der Waals surface area contributed by atoms with E-state index in [1.165, 1.54) is 0 Å². The normalized spacial score (nSPS) is 16.0. The maximum Gasteiger partial charge on any atom is 0.189 e. The fraction of sp³-hybridized carbons (Fsp3) is 0.0667. The average Bonchev–Trinajstić information content (AvgIpc) is 2.70. The van der Waals surface area contributed by atoms with E-state index in [9.17, 15) is 9.90 Å². The van der Waals surface area contributed by atoms with Crippen molar-refractivity contribution in [3.8, 4) is 5.75 Å². The average molecular weight is 237 g/mol. The molecular weight excluding hydrogens is 226 g/mol. The SMILES string of the molecule is O=C1C(=Cc2ccncc2)Cc2c(O)cccc21. The zero-order chi connectivity index (χ0) is 12.5. The minimum atomic E-state index is -0.00212.